The van der Waals surface area contributed by atoms with Crippen LogP contribution in [0.15, 0.2) is 41.0 Å². The molecule has 0 aliphatic rings. The van der Waals surface area contributed by atoms with Gasteiger partial charge in [-0.3, -0.25) is 4.98 Å². The van der Waals surface area contributed by atoms with Crippen LogP contribution in [-0.2, 0) is 0 Å². The topological polar surface area (TPSA) is 24.9 Å². The number of pyridine rings is 1. The summed E-state index contributed by atoms with van der Waals surface area (Å²) in [5.74, 6) is -0.214. The van der Waals surface area contributed by atoms with E-state index in [0.29, 0.717) is 5.56 Å². The lowest BCUT2D eigenvalue weighted by molar-refractivity contribution is 0.550. The summed E-state index contributed by atoms with van der Waals surface area (Å²) >= 11 is 3.48. The zero-order valence-electron chi connectivity index (χ0n) is 11.0. The number of aryl methyl sites for hydroxylation is 1. The maximum absolute atomic E-state index is 14.1. The first-order valence-corrected chi connectivity index (χ1v) is 7.02. The van der Waals surface area contributed by atoms with Gasteiger partial charge in [-0.15, -0.1) is 0 Å². The van der Waals surface area contributed by atoms with E-state index in [9.17, 15) is 4.39 Å². The Morgan fingerprint density at radius 3 is 2.84 bits per heavy atom. The van der Waals surface area contributed by atoms with E-state index in [2.05, 4.69) is 26.2 Å². The molecule has 1 N–H and O–H groups in total. The summed E-state index contributed by atoms with van der Waals surface area (Å²) in [7, 11) is 0. The van der Waals surface area contributed by atoms with Gasteiger partial charge in [-0.1, -0.05) is 24.6 Å². The van der Waals surface area contributed by atoms with Crippen molar-refractivity contribution in [2.24, 2.45) is 0 Å². The second-order valence-electron chi connectivity index (χ2n) is 4.39. The third kappa shape index (κ3) is 3.19. The SMILES string of the molecule is CCNC(c1cc(C)ccc1F)c1ncccc1Br. The standard InChI is InChI=1S/C15H16BrFN2/c1-3-18-14(15-12(16)5-4-8-19-15)11-9-10(2)6-7-13(11)17/h4-9,14,18H,3H2,1-2H3. The number of nitrogens with one attached hydrogen (secondary N) is 1. The van der Waals surface area contributed by atoms with Crippen LogP contribution in [0.1, 0.15) is 29.8 Å². The zero-order valence-corrected chi connectivity index (χ0v) is 12.5. The van der Waals surface area contributed by atoms with Gasteiger partial charge < -0.3 is 5.32 Å². The van der Waals surface area contributed by atoms with Crippen LogP contribution in [0.3, 0.4) is 0 Å². The highest BCUT2D eigenvalue weighted by atomic mass is 79.9. The number of hydrogen-bond acceptors (Lipinski definition) is 2. The molecule has 0 radical (unpaired) electrons. The molecule has 1 unspecified atom stereocenters. The summed E-state index contributed by atoms with van der Waals surface area (Å²) in [6.07, 6.45) is 1.72. The van der Waals surface area contributed by atoms with Gasteiger partial charge in [0.25, 0.3) is 0 Å². The van der Waals surface area contributed by atoms with Crippen LogP contribution in [0.5, 0.6) is 0 Å². The minimum atomic E-state index is -0.250. The average Bonchev–Trinajstić information content (AvgIpc) is 2.40. The third-order valence-corrected chi connectivity index (χ3v) is 3.60. The number of nitrogens with zero attached hydrogens (tertiary/aromatic N) is 1. The van der Waals surface area contributed by atoms with Crippen LogP contribution in [0.25, 0.3) is 0 Å². The Bertz CT molecular complexity index is 572. The fraction of sp³-hybridized carbons (Fsp3) is 0.267. The van der Waals surface area contributed by atoms with Gasteiger partial charge in [0, 0.05) is 16.2 Å². The maximum atomic E-state index is 14.1. The molecule has 19 heavy (non-hydrogen) atoms. The van der Waals surface area contributed by atoms with Crippen LogP contribution in [0.2, 0.25) is 0 Å². The van der Waals surface area contributed by atoms with E-state index in [1.807, 2.05) is 32.0 Å². The minimum absolute atomic E-state index is 0.214. The molecule has 0 amide bonds. The van der Waals surface area contributed by atoms with Crippen molar-refractivity contribution in [1.29, 1.82) is 0 Å². The lowest BCUT2D eigenvalue weighted by Crippen LogP contribution is -2.24. The summed E-state index contributed by atoms with van der Waals surface area (Å²) in [6.45, 7) is 4.69. The number of hydrogen-bond donors (Lipinski definition) is 1. The molecule has 0 bridgehead atoms. The van der Waals surface area contributed by atoms with Gasteiger partial charge in [-0.05, 0) is 47.6 Å². The highest BCUT2D eigenvalue weighted by Gasteiger charge is 2.20. The molecule has 2 aromatic rings. The summed E-state index contributed by atoms with van der Waals surface area (Å²) in [4.78, 5) is 4.37. The van der Waals surface area contributed by atoms with Crippen LogP contribution in [0.4, 0.5) is 4.39 Å². The third-order valence-electron chi connectivity index (χ3n) is 2.93. The predicted molar refractivity (Wildman–Crippen MR) is 78.6 cm³/mol. The number of benzene rings is 1. The fourth-order valence-electron chi connectivity index (χ4n) is 2.05. The lowest BCUT2D eigenvalue weighted by atomic mass is 10.0. The quantitative estimate of drug-likeness (QED) is 0.920. The molecule has 1 aromatic heterocycles. The van der Waals surface area contributed by atoms with E-state index in [-0.39, 0.29) is 11.9 Å². The number of halogens is 2. The Morgan fingerprint density at radius 2 is 2.16 bits per heavy atom. The maximum Gasteiger partial charge on any atom is 0.128 e. The molecule has 0 saturated heterocycles. The van der Waals surface area contributed by atoms with Crippen LogP contribution in [-0.4, -0.2) is 11.5 Å². The van der Waals surface area contributed by atoms with E-state index in [1.165, 1.54) is 6.07 Å². The monoisotopic (exact) mass is 322 g/mol. The average molecular weight is 323 g/mol. The first-order chi connectivity index (χ1) is 9.13. The summed E-state index contributed by atoms with van der Waals surface area (Å²) in [5, 5.41) is 3.29. The second-order valence-corrected chi connectivity index (χ2v) is 5.24. The van der Waals surface area contributed by atoms with E-state index in [4.69, 9.17) is 0 Å². The summed E-state index contributed by atoms with van der Waals surface area (Å²) in [6, 6.07) is 8.66. The number of rotatable bonds is 4. The molecule has 1 aromatic carbocycles. The smallest absolute Gasteiger partial charge is 0.128 e. The summed E-state index contributed by atoms with van der Waals surface area (Å²) in [5.41, 5.74) is 2.46. The van der Waals surface area contributed by atoms with E-state index >= 15 is 0 Å². The second kappa shape index (κ2) is 6.26. The molecule has 0 saturated carbocycles. The Hall–Kier alpha value is -1.26. The van der Waals surface area contributed by atoms with Crippen molar-refractivity contribution in [3.63, 3.8) is 0 Å². The van der Waals surface area contributed by atoms with Gasteiger partial charge in [-0.25, -0.2) is 4.39 Å². The normalized spacial score (nSPS) is 12.4. The van der Waals surface area contributed by atoms with Crippen LogP contribution >= 0.6 is 15.9 Å². The first kappa shape index (κ1) is 14.2. The van der Waals surface area contributed by atoms with Crippen molar-refractivity contribution in [2.75, 3.05) is 6.54 Å². The van der Waals surface area contributed by atoms with E-state index in [0.717, 1.165) is 22.3 Å². The molecule has 2 nitrogen and oxygen atoms in total. The van der Waals surface area contributed by atoms with Crippen molar-refractivity contribution in [3.05, 3.63) is 63.6 Å². The van der Waals surface area contributed by atoms with Crippen LogP contribution < -0.4 is 5.32 Å². The van der Waals surface area contributed by atoms with Gasteiger partial charge in [0.15, 0.2) is 0 Å². The Balaban J connectivity index is 2.51. The molecule has 100 valence electrons. The van der Waals surface area contributed by atoms with Crippen molar-refractivity contribution < 1.29 is 4.39 Å². The Morgan fingerprint density at radius 1 is 1.37 bits per heavy atom. The minimum Gasteiger partial charge on any atom is -0.305 e. The Labute approximate surface area is 121 Å². The fourth-order valence-corrected chi connectivity index (χ4v) is 2.54. The highest BCUT2D eigenvalue weighted by molar-refractivity contribution is 9.10. The van der Waals surface area contributed by atoms with E-state index < -0.39 is 0 Å². The van der Waals surface area contributed by atoms with Crippen molar-refractivity contribution in [3.8, 4) is 0 Å². The molecule has 0 aliphatic heterocycles. The van der Waals surface area contributed by atoms with Crippen molar-refractivity contribution in [1.82, 2.24) is 10.3 Å². The van der Waals surface area contributed by atoms with Crippen molar-refractivity contribution >= 4 is 15.9 Å². The highest BCUT2D eigenvalue weighted by Crippen LogP contribution is 2.28. The van der Waals surface area contributed by atoms with Gasteiger partial charge in [0.1, 0.15) is 5.82 Å². The predicted octanol–water partition coefficient (Wildman–Crippen LogP) is 3.99. The first-order valence-electron chi connectivity index (χ1n) is 6.23. The molecule has 2 rings (SSSR count). The van der Waals surface area contributed by atoms with Crippen LogP contribution in [0, 0.1) is 12.7 Å². The molecule has 0 aliphatic carbocycles. The molecule has 0 fully saturated rings. The summed E-state index contributed by atoms with van der Waals surface area (Å²) < 4.78 is 15.0. The molecule has 1 atom stereocenters. The molecule has 4 heteroatoms. The van der Waals surface area contributed by atoms with Gasteiger partial charge in [-0.2, -0.15) is 0 Å². The van der Waals surface area contributed by atoms with Gasteiger partial charge in [0.2, 0.25) is 0 Å². The molecular weight excluding hydrogens is 307 g/mol. The molecule has 1 heterocycles. The number of aromatic nitrogens is 1. The molecular formula is C15H16BrFN2. The molecule has 0 spiro atoms. The Kier molecular flexibility index (Phi) is 4.66. The van der Waals surface area contributed by atoms with Gasteiger partial charge >= 0.3 is 0 Å². The van der Waals surface area contributed by atoms with Gasteiger partial charge in [0.05, 0.1) is 11.7 Å². The van der Waals surface area contributed by atoms with E-state index in [1.54, 1.807) is 12.3 Å². The zero-order chi connectivity index (χ0) is 13.8. The largest absolute Gasteiger partial charge is 0.305 e. The lowest BCUT2D eigenvalue weighted by Gasteiger charge is -2.20. The van der Waals surface area contributed by atoms with Crippen molar-refractivity contribution in [2.45, 2.75) is 19.9 Å².